The molecule has 1 amide bonds. The van der Waals surface area contributed by atoms with Crippen molar-refractivity contribution < 1.29 is 13.2 Å². The summed E-state index contributed by atoms with van der Waals surface area (Å²) in [7, 11) is -3.94. The molecule has 0 atom stereocenters. The van der Waals surface area contributed by atoms with Crippen LogP contribution in [-0.2, 0) is 34.3 Å². The van der Waals surface area contributed by atoms with E-state index < -0.39 is 10.0 Å². The van der Waals surface area contributed by atoms with Crippen LogP contribution in [0.1, 0.15) is 48.4 Å². The summed E-state index contributed by atoms with van der Waals surface area (Å²) in [6.07, 6.45) is 4.39. The molecule has 7 heteroatoms. The number of hydrogen-bond acceptors (Lipinski definition) is 4. The first-order valence-electron chi connectivity index (χ1n) is 13.1. The lowest BCUT2D eigenvalue weighted by atomic mass is 10.0. The van der Waals surface area contributed by atoms with Crippen LogP contribution in [-0.4, -0.2) is 38.9 Å². The SMILES string of the molecule is CCc1ccccc1N(CC(=O)NCc1ccccc1CN1CCCCC1)S(=O)(=O)c1ccc(C)cc1. The van der Waals surface area contributed by atoms with Crippen molar-refractivity contribution in [3.8, 4) is 0 Å². The molecule has 1 saturated heterocycles. The van der Waals surface area contributed by atoms with Crippen LogP contribution < -0.4 is 9.62 Å². The fourth-order valence-corrected chi connectivity index (χ4v) is 6.27. The summed E-state index contributed by atoms with van der Waals surface area (Å²) in [6.45, 7) is 7.03. The van der Waals surface area contributed by atoms with Crippen molar-refractivity contribution in [1.29, 1.82) is 0 Å². The highest BCUT2D eigenvalue weighted by atomic mass is 32.2. The standard InChI is InChI=1S/C30H37N3O3S/c1-3-25-11-7-8-14-29(25)33(37(35,36)28-17-15-24(2)16-18-28)23-30(34)31-21-26-12-5-6-13-27(26)22-32-19-9-4-10-20-32/h5-8,11-18H,3-4,9-10,19-23H2,1-2H3,(H,31,34). The summed E-state index contributed by atoms with van der Waals surface area (Å²) in [5, 5.41) is 2.98. The highest BCUT2D eigenvalue weighted by Crippen LogP contribution is 2.27. The fourth-order valence-electron chi connectivity index (χ4n) is 4.81. The lowest BCUT2D eigenvalue weighted by Gasteiger charge is -2.27. The van der Waals surface area contributed by atoms with Gasteiger partial charge in [-0.05, 0) is 74.2 Å². The Morgan fingerprint density at radius 3 is 2.16 bits per heavy atom. The number of carbonyl (C=O) groups excluding carboxylic acids is 1. The molecule has 37 heavy (non-hydrogen) atoms. The van der Waals surface area contributed by atoms with Crippen LogP contribution >= 0.6 is 0 Å². The van der Waals surface area contributed by atoms with E-state index in [-0.39, 0.29) is 17.3 Å². The molecule has 1 heterocycles. The second-order valence-corrected chi connectivity index (χ2v) is 11.6. The number of carbonyl (C=O) groups is 1. The Bertz CT molecular complexity index is 1300. The van der Waals surface area contributed by atoms with Gasteiger partial charge in [-0.1, -0.05) is 73.5 Å². The molecule has 0 aliphatic carbocycles. The number of hydrogen-bond donors (Lipinski definition) is 1. The largest absolute Gasteiger partial charge is 0.350 e. The molecule has 0 aromatic heterocycles. The van der Waals surface area contributed by atoms with Crippen LogP contribution in [0.2, 0.25) is 0 Å². The van der Waals surface area contributed by atoms with Gasteiger partial charge in [-0.15, -0.1) is 0 Å². The predicted octanol–water partition coefficient (Wildman–Crippen LogP) is 5.06. The van der Waals surface area contributed by atoms with Gasteiger partial charge >= 0.3 is 0 Å². The van der Waals surface area contributed by atoms with E-state index in [0.717, 1.165) is 36.3 Å². The molecule has 3 aromatic carbocycles. The molecular formula is C30H37N3O3S. The van der Waals surface area contributed by atoms with E-state index in [9.17, 15) is 13.2 Å². The highest BCUT2D eigenvalue weighted by molar-refractivity contribution is 7.92. The van der Waals surface area contributed by atoms with Crippen molar-refractivity contribution in [2.24, 2.45) is 0 Å². The van der Waals surface area contributed by atoms with Gasteiger partial charge in [0.1, 0.15) is 6.54 Å². The average Bonchev–Trinajstić information content (AvgIpc) is 2.92. The molecule has 0 radical (unpaired) electrons. The molecular weight excluding hydrogens is 482 g/mol. The van der Waals surface area contributed by atoms with Crippen molar-refractivity contribution in [2.45, 2.75) is 57.5 Å². The zero-order valence-corrected chi connectivity index (χ0v) is 22.6. The average molecular weight is 520 g/mol. The number of nitrogens with zero attached hydrogens (tertiary/aromatic N) is 2. The molecule has 196 valence electrons. The van der Waals surface area contributed by atoms with E-state index in [2.05, 4.69) is 16.3 Å². The second-order valence-electron chi connectivity index (χ2n) is 9.69. The van der Waals surface area contributed by atoms with Crippen LogP contribution in [0.15, 0.2) is 77.7 Å². The second kappa shape index (κ2) is 12.4. The number of amides is 1. The molecule has 0 spiro atoms. The smallest absolute Gasteiger partial charge is 0.264 e. The van der Waals surface area contributed by atoms with Gasteiger partial charge in [0, 0.05) is 13.1 Å². The van der Waals surface area contributed by atoms with Crippen LogP contribution in [0.5, 0.6) is 0 Å². The maximum absolute atomic E-state index is 13.7. The molecule has 1 aliphatic rings. The Labute approximate surface area is 221 Å². The lowest BCUT2D eigenvalue weighted by Crippen LogP contribution is -2.41. The van der Waals surface area contributed by atoms with Gasteiger partial charge in [0.2, 0.25) is 5.91 Å². The van der Waals surface area contributed by atoms with E-state index >= 15 is 0 Å². The number of aryl methyl sites for hydroxylation is 2. The number of piperidine rings is 1. The van der Waals surface area contributed by atoms with Gasteiger partial charge in [0.15, 0.2) is 0 Å². The van der Waals surface area contributed by atoms with E-state index in [1.165, 1.54) is 29.1 Å². The maximum Gasteiger partial charge on any atom is 0.264 e. The fraction of sp³-hybridized carbons (Fsp3) is 0.367. The van der Waals surface area contributed by atoms with Crippen molar-refractivity contribution in [3.05, 3.63) is 95.1 Å². The molecule has 3 aromatic rings. The number of anilines is 1. The number of rotatable bonds is 10. The lowest BCUT2D eigenvalue weighted by molar-refractivity contribution is -0.119. The van der Waals surface area contributed by atoms with Gasteiger partial charge in [-0.2, -0.15) is 0 Å². The van der Waals surface area contributed by atoms with Crippen molar-refractivity contribution in [1.82, 2.24) is 10.2 Å². The van der Waals surface area contributed by atoms with Gasteiger partial charge in [-0.3, -0.25) is 14.0 Å². The van der Waals surface area contributed by atoms with Crippen molar-refractivity contribution in [2.75, 3.05) is 23.9 Å². The number of likely N-dealkylation sites (tertiary alicyclic amines) is 1. The maximum atomic E-state index is 13.7. The summed E-state index contributed by atoms with van der Waals surface area (Å²) in [5.41, 5.74) is 4.64. The molecule has 6 nitrogen and oxygen atoms in total. The molecule has 0 bridgehead atoms. The van der Waals surface area contributed by atoms with E-state index in [4.69, 9.17) is 0 Å². The molecule has 1 N–H and O–H groups in total. The Morgan fingerprint density at radius 1 is 0.865 bits per heavy atom. The summed E-state index contributed by atoms with van der Waals surface area (Å²) < 4.78 is 28.7. The molecule has 0 unspecified atom stereocenters. The molecule has 1 aliphatic heterocycles. The van der Waals surface area contributed by atoms with Crippen LogP contribution in [0.25, 0.3) is 0 Å². The van der Waals surface area contributed by atoms with Crippen molar-refractivity contribution in [3.63, 3.8) is 0 Å². The van der Waals surface area contributed by atoms with Gasteiger partial charge in [0.25, 0.3) is 10.0 Å². The van der Waals surface area contributed by atoms with E-state index in [1.807, 2.05) is 44.2 Å². The summed E-state index contributed by atoms with van der Waals surface area (Å²) in [5.74, 6) is -0.339. The predicted molar refractivity (Wildman–Crippen MR) is 149 cm³/mol. The third kappa shape index (κ3) is 6.79. The van der Waals surface area contributed by atoms with Crippen LogP contribution in [0.3, 0.4) is 0 Å². The summed E-state index contributed by atoms with van der Waals surface area (Å²) in [6, 6.07) is 22.3. The number of nitrogens with one attached hydrogen (secondary N) is 1. The molecule has 4 rings (SSSR count). The Balaban J connectivity index is 1.53. The van der Waals surface area contributed by atoms with Gasteiger partial charge < -0.3 is 5.32 Å². The zero-order chi connectivity index (χ0) is 26.3. The number of para-hydroxylation sites is 1. The Kier molecular flexibility index (Phi) is 9.00. The molecule has 1 fully saturated rings. The minimum Gasteiger partial charge on any atom is -0.350 e. The first-order valence-corrected chi connectivity index (χ1v) is 14.6. The summed E-state index contributed by atoms with van der Waals surface area (Å²) in [4.78, 5) is 15.8. The van der Waals surface area contributed by atoms with Crippen molar-refractivity contribution >= 4 is 21.6 Å². The first-order chi connectivity index (χ1) is 17.9. The van der Waals surface area contributed by atoms with E-state index in [1.54, 1.807) is 36.4 Å². The minimum absolute atomic E-state index is 0.170. The minimum atomic E-state index is -3.94. The molecule has 0 saturated carbocycles. The summed E-state index contributed by atoms with van der Waals surface area (Å²) >= 11 is 0. The highest BCUT2D eigenvalue weighted by Gasteiger charge is 2.28. The van der Waals surface area contributed by atoms with E-state index in [0.29, 0.717) is 18.7 Å². The van der Waals surface area contributed by atoms with Gasteiger partial charge in [0.05, 0.1) is 10.6 Å². The Morgan fingerprint density at radius 2 is 1.49 bits per heavy atom. The third-order valence-electron chi connectivity index (χ3n) is 6.97. The number of benzene rings is 3. The quantitative estimate of drug-likeness (QED) is 0.407. The zero-order valence-electron chi connectivity index (χ0n) is 21.8. The third-order valence-corrected chi connectivity index (χ3v) is 8.75. The normalized spacial score (nSPS) is 14.3. The van der Waals surface area contributed by atoms with Crippen LogP contribution in [0.4, 0.5) is 5.69 Å². The number of sulfonamides is 1. The Hall–Kier alpha value is -3.16. The topological polar surface area (TPSA) is 69.7 Å². The van der Waals surface area contributed by atoms with Crippen LogP contribution in [0, 0.1) is 6.92 Å². The monoisotopic (exact) mass is 519 g/mol. The first kappa shape index (κ1) is 26.9. The van der Waals surface area contributed by atoms with Gasteiger partial charge in [-0.25, -0.2) is 8.42 Å².